The van der Waals surface area contributed by atoms with Crippen LogP contribution in [0.3, 0.4) is 0 Å². The zero-order valence-electron chi connectivity index (χ0n) is 28.1. The molecule has 4 fully saturated rings. The molecule has 4 aliphatic rings. The standard InChI is InChI=1S/C29H50N2O21/c1-8-16(39)19(42)20(43)26(47-8)50-23-12(37)4-30-10(5-32)22(23)49-27-21(44)25(18(41)14(7-34)48-27)52-29(28(45)46)3-11(36)15(31-9(2)35)24(51-29)17(40)13(38)6-33/h8,10-27,30,32-34,36-44H,3-7H2,1-2H3,(H,31,35)(H,45,46)/t8-,10+,11-,12-,13+,14+,15+,16+,17+,18-,19+,20-,21+,22+,23+,24+,25-,26-,27-,29-/m0/s1. The molecule has 0 unspecified atom stereocenters. The number of aliphatic hydroxyl groups is 12. The molecular formula is C29H50N2O21. The molecule has 0 bridgehead atoms. The molecule has 302 valence electrons. The minimum Gasteiger partial charge on any atom is -0.477 e. The third kappa shape index (κ3) is 8.83. The maximum Gasteiger partial charge on any atom is 0.364 e. The van der Waals surface area contributed by atoms with Crippen molar-refractivity contribution < 1.29 is 104 Å². The number of carbonyl (C=O) groups is 2. The molecule has 0 spiro atoms. The van der Waals surface area contributed by atoms with Crippen LogP contribution in [0.1, 0.15) is 20.3 Å². The normalized spacial score (nSPS) is 47.0. The van der Waals surface area contributed by atoms with Crippen LogP contribution < -0.4 is 10.6 Å². The fourth-order valence-electron chi connectivity index (χ4n) is 6.67. The minimum atomic E-state index is -3.05. The van der Waals surface area contributed by atoms with E-state index in [9.17, 15) is 76.0 Å². The van der Waals surface area contributed by atoms with E-state index in [1.165, 1.54) is 6.92 Å². The zero-order chi connectivity index (χ0) is 38.8. The van der Waals surface area contributed by atoms with Crippen molar-refractivity contribution in [3.63, 3.8) is 0 Å². The highest BCUT2D eigenvalue weighted by molar-refractivity contribution is 5.76. The van der Waals surface area contributed by atoms with Crippen LogP contribution in [0, 0.1) is 0 Å². The third-order valence-corrected chi connectivity index (χ3v) is 9.61. The summed E-state index contributed by atoms with van der Waals surface area (Å²) in [7, 11) is 0. The minimum absolute atomic E-state index is 0.213. The quantitative estimate of drug-likeness (QED) is 0.0828. The summed E-state index contributed by atoms with van der Waals surface area (Å²) in [6.07, 6.45) is -31.3. The smallest absolute Gasteiger partial charge is 0.364 e. The number of ether oxygens (including phenoxy) is 6. The van der Waals surface area contributed by atoms with Gasteiger partial charge in [0.25, 0.3) is 5.79 Å². The number of rotatable bonds is 13. The van der Waals surface area contributed by atoms with Gasteiger partial charge in [-0.2, -0.15) is 0 Å². The predicted octanol–water partition coefficient (Wildman–Crippen LogP) is -9.12. The maximum atomic E-state index is 12.8. The highest BCUT2D eigenvalue weighted by atomic mass is 16.8. The average Bonchev–Trinajstić information content (AvgIpc) is 3.10. The van der Waals surface area contributed by atoms with Crippen molar-refractivity contribution in [3.8, 4) is 0 Å². The van der Waals surface area contributed by atoms with Crippen LogP contribution in [0.5, 0.6) is 0 Å². The van der Waals surface area contributed by atoms with Crippen LogP contribution in [0.15, 0.2) is 0 Å². The molecule has 4 saturated heterocycles. The third-order valence-electron chi connectivity index (χ3n) is 9.61. The number of β-amino-alcohol motifs (C(OH)–C–C–N with tert-alkyl or cyclic N) is 1. The molecule has 0 saturated carbocycles. The molecule has 15 N–H and O–H groups in total. The second kappa shape index (κ2) is 17.8. The first kappa shape index (κ1) is 42.9. The first-order chi connectivity index (χ1) is 24.4. The van der Waals surface area contributed by atoms with Crippen LogP contribution in [-0.4, -0.2) is 227 Å². The van der Waals surface area contributed by atoms with E-state index in [-0.39, 0.29) is 6.54 Å². The van der Waals surface area contributed by atoms with Crippen LogP contribution in [0.25, 0.3) is 0 Å². The van der Waals surface area contributed by atoms with Crippen molar-refractivity contribution in [2.45, 2.75) is 142 Å². The summed E-state index contributed by atoms with van der Waals surface area (Å²) in [6, 6.07) is -2.67. The van der Waals surface area contributed by atoms with E-state index in [4.69, 9.17) is 28.4 Å². The zero-order valence-corrected chi connectivity index (χ0v) is 28.1. The highest BCUT2D eigenvalue weighted by Gasteiger charge is 2.60. The fraction of sp³-hybridized carbons (Fsp3) is 0.931. The molecule has 0 aromatic carbocycles. The highest BCUT2D eigenvalue weighted by Crippen LogP contribution is 2.38. The molecule has 4 rings (SSSR count). The Morgan fingerprint density at radius 3 is 2.06 bits per heavy atom. The molecule has 0 radical (unpaired) electrons. The Labute approximate surface area is 295 Å². The van der Waals surface area contributed by atoms with Gasteiger partial charge in [0.15, 0.2) is 12.6 Å². The van der Waals surface area contributed by atoms with Crippen molar-refractivity contribution in [1.82, 2.24) is 10.6 Å². The van der Waals surface area contributed by atoms with Gasteiger partial charge < -0.3 is 105 Å². The molecule has 52 heavy (non-hydrogen) atoms. The Hall–Kier alpha value is -1.82. The first-order valence-corrected chi connectivity index (χ1v) is 16.6. The van der Waals surface area contributed by atoms with E-state index in [0.29, 0.717) is 0 Å². The van der Waals surface area contributed by atoms with Gasteiger partial charge in [-0.25, -0.2) is 4.79 Å². The number of aliphatic hydroxyl groups excluding tert-OH is 12. The Kier molecular flexibility index (Phi) is 14.7. The van der Waals surface area contributed by atoms with Gasteiger partial charge in [0.05, 0.1) is 50.2 Å². The topological polar surface area (TPSA) is 377 Å². The molecule has 0 aromatic heterocycles. The Bertz CT molecular complexity index is 1190. The van der Waals surface area contributed by atoms with Crippen molar-refractivity contribution in [2.24, 2.45) is 0 Å². The summed E-state index contributed by atoms with van der Waals surface area (Å²) in [5.74, 6) is -5.79. The molecule has 1 amide bonds. The Balaban J connectivity index is 1.64. The van der Waals surface area contributed by atoms with Gasteiger partial charge in [-0.3, -0.25) is 4.79 Å². The molecule has 4 aliphatic heterocycles. The fourth-order valence-corrected chi connectivity index (χ4v) is 6.67. The Morgan fingerprint density at radius 1 is 0.846 bits per heavy atom. The molecule has 23 heteroatoms. The molecule has 23 nitrogen and oxygen atoms in total. The number of amides is 1. The summed E-state index contributed by atoms with van der Waals surface area (Å²) < 4.78 is 34.0. The van der Waals surface area contributed by atoms with Gasteiger partial charge >= 0.3 is 5.97 Å². The van der Waals surface area contributed by atoms with Crippen molar-refractivity contribution >= 4 is 11.9 Å². The lowest BCUT2D eigenvalue weighted by atomic mass is 9.88. The maximum absolute atomic E-state index is 12.8. The largest absolute Gasteiger partial charge is 0.477 e. The second-order valence-electron chi connectivity index (χ2n) is 13.3. The van der Waals surface area contributed by atoms with Gasteiger partial charge in [0.1, 0.15) is 73.2 Å². The van der Waals surface area contributed by atoms with E-state index in [1.807, 2.05) is 0 Å². The van der Waals surface area contributed by atoms with E-state index in [0.717, 1.165) is 6.92 Å². The molecule has 4 heterocycles. The molecule has 20 atom stereocenters. The number of carboxylic acid groups (broad SMARTS) is 1. The number of piperidine rings is 1. The number of nitrogens with one attached hydrogen (secondary N) is 2. The summed E-state index contributed by atoms with van der Waals surface area (Å²) >= 11 is 0. The number of hydrogen-bond donors (Lipinski definition) is 15. The average molecular weight is 763 g/mol. The summed E-state index contributed by atoms with van der Waals surface area (Å²) in [6.45, 7) is -0.533. The molecule has 0 aromatic rings. The van der Waals surface area contributed by atoms with Gasteiger partial charge in [0.2, 0.25) is 5.91 Å². The summed E-state index contributed by atoms with van der Waals surface area (Å²) in [5, 5.41) is 141. The van der Waals surface area contributed by atoms with Crippen molar-refractivity contribution in [1.29, 1.82) is 0 Å². The van der Waals surface area contributed by atoms with E-state index in [1.54, 1.807) is 0 Å². The van der Waals surface area contributed by atoms with Crippen LogP contribution in [0.2, 0.25) is 0 Å². The van der Waals surface area contributed by atoms with Crippen LogP contribution in [-0.2, 0) is 38.0 Å². The number of aliphatic carboxylic acids is 1. The van der Waals surface area contributed by atoms with E-state index >= 15 is 0 Å². The lowest BCUT2D eigenvalue weighted by molar-refractivity contribution is -0.380. The van der Waals surface area contributed by atoms with Gasteiger partial charge in [-0.15, -0.1) is 0 Å². The van der Waals surface area contributed by atoms with Crippen LogP contribution in [0.4, 0.5) is 0 Å². The molecule has 0 aliphatic carbocycles. The second-order valence-corrected chi connectivity index (χ2v) is 13.3. The van der Waals surface area contributed by atoms with E-state index < -0.39 is 160 Å². The lowest BCUT2D eigenvalue weighted by Crippen LogP contribution is -2.71. The summed E-state index contributed by atoms with van der Waals surface area (Å²) in [5.41, 5.74) is 0. The lowest BCUT2D eigenvalue weighted by Gasteiger charge is -2.51. The first-order valence-electron chi connectivity index (χ1n) is 16.6. The monoisotopic (exact) mass is 762 g/mol. The van der Waals surface area contributed by atoms with Gasteiger partial charge in [-0.1, -0.05) is 0 Å². The molecular weight excluding hydrogens is 712 g/mol. The van der Waals surface area contributed by atoms with Crippen molar-refractivity contribution in [3.05, 3.63) is 0 Å². The van der Waals surface area contributed by atoms with Crippen LogP contribution >= 0.6 is 0 Å². The SMILES string of the molecule is CC(=O)N[C@H]1[C@H]([C@H](O)[C@H](O)CO)O[C@@](O[C@H]2[C@@H](O)[C@@H](CO)O[C@@H](O[C@H]3[C@H](O[C@@H]4O[C@@H](C)[C@@H](O)[C@@H](O)[C@@H]4O)[C@@H](O)CN[C@@H]3CO)[C@@H]2O)(C(=O)O)C[C@@H]1O. The van der Waals surface area contributed by atoms with Gasteiger partial charge in [-0.05, 0) is 6.92 Å². The van der Waals surface area contributed by atoms with Crippen molar-refractivity contribution in [2.75, 3.05) is 26.4 Å². The number of hydrogen-bond acceptors (Lipinski definition) is 21. The predicted molar refractivity (Wildman–Crippen MR) is 162 cm³/mol. The van der Waals surface area contributed by atoms with Gasteiger partial charge in [0, 0.05) is 19.9 Å². The van der Waals surface area contributed by atoms with E-state index in [2.05, 4.69) is 10.6 Å². The number of carboxylic acids is 1. The number of carbonyl (C=O) groups excluding carboxylic acids is 1. The Morgan fingerprint density at radius 2 is 1.48 bits per heavy atom. The summed E-state index contributed by atoms with van der Waals surface area (Å²) in [4.78, 5) is 24.6.